The van der Waals surface area contributed by atoms with Crippen LogP contribution in [0.3, 0.4) is 0 Å². The van der Waals surface area contributed by atoms with E-state index in [0.717, 1.165) is 52.1 Å². The van der Waals surface area contributed by atoms with Gasteiger partial charge in [-0.25, -0.2) is 0 Å². The van der Waals surface area contributed by atoms with Crippen LogP contribution in [0.1, 0.15) is 32.1 Å². The van der Waals surface area contributed by atoms with Gasteiger partial charge in [-0.15, -0.1) is 24.0 Å². The number of hydrogen-bond donors (Lipinski definition) is 1. The van der Waals surface area contributed by atoms with E-state index in [0.29, 0.717) is 23.8 Å². The number of halogens is 1. The minimum atomic E-state index is 0. The van der Waals surface area contributed by atoms with Crippen molar-refractivity contribution in [3.63, 3.8) is 0 Å². The molecule has 1 saturated heterocycles. The Bertz CT molecular complexity index is 428. The van der Waals surface area contributed by atoms with E-state index >= 15 is 0 Å². The summed E-state index contributed by atoms with van der Waals surface area (Å²) in [6.07, 6.45) is 5.90. The van der Waals surface area contributed by atoms with Crippen LogP contribution in [0.15, 0.2) is 4.99 Å². The molecule has 1 amide bonds. The Morgan fingerprint density at radius 3 is 2.35 bits per heavy atom. The number of aliphatic imine (C=N–C) groups is 1. The molecule has 2 aliphatic carbocycles. The van der Waals surface area contributed by atoms with Crippen molar-refractivity contribution >= 4 is 35.8 Å². The molecule has 23 heavy (non-hydrogen) atoms. The van der Waals surface area contributed by atoms with Crippen molar-refractivity contribution in [1.82, 2.24) is 14.7 Å². The molecule has 3 rings (SSSR count). The van der Waals surface area contributed by atoms with Gasteiger partial charge in [0, 0.05) is 51.7 Å². The molecule has 0 unspecified atom stereocenters. The standard InChI is InChI=1S/C16H29N5O.HI/c1-19(14-5-6-14)16(17)18-7-8-20-9-11-21(12-10-20)15(22)13-3-2-4-13;/h13-14H,2-12H2,1H3,(H2,17,18);1H. The van der Waals surface area contributed by atoms with Gasteiger partial charge in [0.25, 0.3) is 0 Å². The lowest BCUT2D eigenvalue weighted by Crippen LogP contribution is -2.51. The van der Waals surface area contributed by atoms with Gasteiger partial charge in [-0.2, -0.15) is 0 Å². The van der Waals surface area contributed by atoms with E-state index in [1.807, 2.05) is 7.05 Å². The number of carbonyl (C=O) groups is 1. The molecule has 0 aromatic carbocycles. The highest BCUT2D eigenvalue weighted by Crippen LogP contribution is 2.28. The summed E-state index contributed by atoms with van der Waals surface area (Å²) < 4.78 is 0. The maximum absolute atomic E-state index is 12.2. The monoisotopic (exact) mass is 435 g/mol. The van der Waals surface area contributed by atoms with Crippen molar-refractivity contribution in [3.8, 4) is 0 Å². The normalized spacial score (nSPS) is 23.2. The number of guanidine groups is 1. The van der Waals surface area contributed by atoms with Gasteiger partial charge in [-0.05, 0) is 25.7 Å². The van der Waals surface area contributed by atoms with Gasteiger partial charge < -0.3 is 15.5 Å². The second-order valence-electron chi connectivity index (χ2n) is 6.88. The minimum absolute atomic E-state index is 0. The van der Waals surface area contributed by atoms with Crippen LogP contribution in [0.4, 0.5) is 0 Å². The van der Waals surface area contributed by atoms with Crippen molar-refractivity contribution < 1.29 is 4.79 Å². The predicted octanol–water partition coefficient (Wildman–Crippen LogP) is 0.958. The summed E-state index contributed by atoms with van der Waals surface area (Å²) >= 11 is 0. The summed E-state index contributed by atoms with van der Waals surface area (Å²) in [5.74, 6) is 1.38. The molecule has 0 bridgehead atoms. The van der Waals surface area contributed by atoms with Gasteiger partial charge in [0.05, 0.1) is 6.54 Å². The van der Waals surface area contributed by atoms with E-state index in [-0.39, 0.29) is 24.0 Å². The van der Waals surface area contributed by atoms with Crippen molar-refractivity contribution in [2.75, 3.05) is 46.3 Å². The third-order valence-corrected chi connectivity index (χ3v) is 5.28. The highest BCUT2D eigenvalue weighted by molar-refractivity contribution is 14.0. The summed E-state index contributed by atoms with van der Waals surface area (Å²) in [6, 6.07) is 0.616. The van der Waals surface area contributed by atoms with Gasteiger partial charge in [0.1, 0.15) is 0 Å². The maximum Gasteiger partial charge on any atom is 0.225 e. The fourth-order valence-electron chi connectivity index (χ4n) is 3.17. The summed E-state index contributed by atoms with van der Waals surface area (Å²) in [4.78, 5) is 23.2. The summed E-state index contributed by atoms with van der Waals surface area (Å²) in [5, 5.41) is 0. The number of rotatable bonds is 5. The largest absolute Gasteiger partial charge is 0.370 e. The predicted molar refractivity (Wildman–Crippen MR) is 103 cm³/mol. The maximum atomic E-state index is 12.2. The Hall–Kier alpha value is -0.570. The number of nitrogens with zero attached hydrogens (tertiary/aromatic N) is 4. The molecule has 3 aliphatic rings. The number of amides is 1. The Morgan fingerprint density at radius 1 is 1.17 bits per heavy atom. The highest BCUT2D eigenvalue weighted by atomic mass is 127. The van der Waals surface area contributed by atoms with Crippen LogP contribution >= 0.6 is 24.0 Å². The number of hydrogen-bond acceptors (Lipinski definition) is 3. The fraction of sp³-hybridized carbons (Fsp3) is 0.875. The average Bonchev–Trinajstić information content (AvgIpc) is 3.29. The van der Waals surface area contributed by atoms with Gasteiger partial charge in [-0.3, -0.25) is 14.7 Å². The van der Waals surface area contributed by atoms with Crippen molar-refractivity contribution in [2.45, 2.75) is 38.1 Å². The second kappa shape index (κ2) is 8.50. The van der Waals surface area contributed by atoms with Crippen molar-refractivity contribution in [2.24, 2.45) is 16.6 Å². The zero-order valence-corrected chi connectivity index (χ0v) is 16.4. The molecule has 2 saturated carbocycles. The van der Waals surface area contributed by atoms with E-state index in [1.165, 1.54) is 19.3 Å². The molecule has 1 heterocycles. The molecule has 3 fully saturated rings. The van der Waals surface area contributed by atoms with E-state index in [1.54, 1.807) is 0 Å². The Labute approximate surface area is 156 Å². The fourth-order valence-corrected chi connectivity index (χ4v) is 3.17. The number of piperazine rings is 1. The summed E-state index contributed by atoms with van der Waals surface area (Å²) in [7, 11) is 2.03. The third-order valence-electron chi connectivity index (χ3n) is 5.28. The van der Waals surface area contributed by atoms with Crippen LogP contribution in [0, 0.1) is 5.92 Å². The molecule has 132 valence electrons. The quantitative estimate of drug-likeness (QED) is 0.397. The van der Waals surface area contributed by atoms with Crippen LogP contribution in [-0.4, -0.2) is 78.9 Å². The smallest absolute Gasteiger partial charge is 0.225 e. The summed E-state index contributed by atoms with van der Waals surface area (Å²) in [6.45, 7) is 5.36. The topological polar surface area (TPSA) is 65.2 Å². The van der Waals surface area contributed by atoms with Crippen LogP contribution in [-0.2, 0) is 4.79 Å². The van der Waals surface area contributed by atoms with Crippen LogP contribution in [0.25, 0.3) is 0 Å². The molecule has 6 nitrogen and oxygen atoms in total. The lowest BCUT2D eigenvalue weighted by Gasteiger charge is -2.38. The zero-order valence-electron chi connectivity index (χ0n) is 14.1. The molecular formula is C16H30IN5O. The Balaban J connectivity index is 0.00000192. The van der Waals surface area contributed by atoms with Crippen LogP contribution < -0.4 is 5.73 Å². The second-order valence-corrected chi connectivity index (χ2v) is 6.88. The van der Waals surface area contributed by atoms with Crippen molar-refractivity contribution in [1.29, 1.82) is 0 Å². The molecular weight excluding hydrogens is 405 g/mol. The van der Waals surface area contributed by atoms with Gasteiger partial charge >= 0.3 is 0 Å². The molecule has 2 N–H and O–H groups in total. The highest BCUT2D eigenvalue weighted by Gasteiger charge is 2.31. The third kappa shape index (κ3) is 4.95. The van der Waals surface area contributed by atoms with E-state index < -0.39 is 0 Å². The lowest BCUT2D eigenvalue weighted by atomic mass is 9.84. The molecule has 0 radical (unpaired) electrons. The van der Waals surface area contributed by atoms with Gasteiger partial charge in [0.15, 0.2) is 5.96 Å². The van der Waals surface area contributed by atoms with E-state index in [4.69, 9.17) is 5.73 Å². The van der Waals surface area contributed by atoms with Crippen LogP contribution in [0.5, 0.6) is 0 Å². The van der Waals surface area contributed by atoms with Crippen molar-refractivity contribution in [3.05, 3.63) is 0 Å². The molecule has 1 aliphatic heterocycles. The Kier molecular flexibility index (Phi) is 6.94. The first-order chi connectivity index (χ1) is 10.6. The molecule has 0 atom stereocenters. The average molecular weight is 435 g/mol. The number of carbonyl (C=O) groups excluding carboxylic acids is 1. The first-order valence-electron chi connectivity index (χ1n) is 8.69. The van der Waals surface area contributed by atoms with E-state index in [2.05, 4.69) is 19.7 Å². The lowest BCUT2D eigenvalue weighted by molar-refractivity contribution is -0.139. The molecule has 0 spiro atoms. The summed E-state index contributed by atoms with van der Waals surface area (Å²) in [5.41, 5.74) is 6.00. The SMILES string of the molecule is CN(C(N)=NCCN1CCN(C(=O)C2CCC2)CC1)C1CC1.I. The first kappa shape index (κ1) is 18.8. The van der Waals surface area contributed by atoms with Gasteiger partial charge in [-0.1, -0.05) is 6.42 Å². The molecule has 0 aromatic rings. The molecule has 7 heteroatoms. The van der Waals surface area contributed by atoms with Gasteiger partial charge in [0.2, 0.25) is 5.91 Å². The minimum Gasteiger partial charge on any atom is -0.370 e. The number of nitrogens with two attached hydrogens (primary N) is 1. The Morgan fingerprint density at radius 2 is 1.83 bits per heavy atom. The molecule has 0 aromatic heterocycles. The first-order valence-corrected chi connectivity index (χ1v) is 8.69. The zero-order chi connectivity index (χ0) is 15.5. The van der Waals surface area contributed by atoms with Crippen LogP contribution in [0.2, 0.25) is 0 Å². The van der Waals surface area contributed by atoms with E-state index in [9.17, 15) is 4.79 Å².